The number of aromatic nitrogens is 3. The third-order valence-corrected chi connectivity index (χ3v) is 7.20. The first-order valence-electron chi connectivity index (χ1n) is 9.71. The molecule has 5 nitrogen and oxygen atoms in total. The molecule has 0 aliphatic carbocycles. The zero-order valence-corrected chi connectivity index (χ0v) is 19.9. The van der Waals surface area contributed by atoms with Gasteiger partial charge < -0.3 is 4.57 Å². The Morgan fingerprint density at radius 1 is 1.19 bits per heavy atom. The Kier molecular flexibility index (Phi) is 7.17. The van der Waals surface area contributed by atoms with Gasteiger partial charge in [0.1, 0.15) is 0 Å². The molecule has 0 atom stereocenters. The average Bonchev–Trinajstić information content (AvgIpc) is 3.40. The van der Waals surface area contributed by atoms with Crippen molar-refractivity contribution in [3.8, 4) is 0 Å². The predicted octanol–water partition coefficient (Wildman–Crippen LogP) is 6.32. The molecule has 1 amide bonds. The minimum Gasteiger partial charge on any atom is -0.337 e. The highest BCUT2D eigenvalue weighted by atomic mass is 35.5. The first kappa shape index (κ1) is 22.1. The molecule has 0 radical (unpaired) electrons. The number of carbonyl (C=O) groups is 1. The predicted molar refractivity (Wildman–Crippen MR) is 131 cm³/mol. The molecule has 0 spiro atoms. The van der Waals surface area contributed by atoms with E-state index in [0.717, 1.165) is 33.6 Å². The average molecular weight is 491 g/mol. The van der Waals surface area contributed by atoms with Crippen LogP contribution in [0.25, 0.3) is 10.2 Å². The van der Waals surface area contributed by atoms with Crippen molar-refractivity contribution in [3.05, 3.63) is 70.7 Å². The van der Waals surface area contributed by atoms with Gasteiger partial charge in [-0.25, -0.2) is 9.97 Å². The topological polar surface area (TPSA) is 51.0 Å². The lowest BCUT2D eigenvalue weighted by molar-refractivity contribution is -0.116. The third-order valence-electron chi connectivity index (χ3n) is 4.70. The van der Waals surface area contributed by atoms with Gasteiger partial charge in [-0.05, 0) is 55.3 Å². The first-order valence-corrected chi connectivity index (χ1v) is 12.3. The molecule has 4 aromatic rings. The van der Waals surface area contributed by atoms with Gasteiger partial charge in [0.05, 0.1) is 22.3 Å². The van der Waals surface area contributed by atoms with Crippen LogP contribution in [0.2, 0.25) is 10.0 Å². The van der Waals surface area contributed by atoms with Crippen molar-refractivity contribution < 1.29 is 4.79 Å². The van der Waals surface area contributed by atoms with E-state index in [4.69, 9.17) is 28.2 Å². The molecule has 0 saturated heterocycles. The second kappa shape index (κ2) is 10.0. The largest absolute Gasteiger partial charge is 0.337 e. The van der Waals surface area contributed by atoms with E-state index in [2.05, 4.69) is 4.98 Å². The van der Waals surface area contributed by atoms with Crippen molar-refractivity contribution in [1.29, 1.82) is 0 Å². The molecule has 2 aromatic heterocycles. The summed E-state index contributed by atoms with van der Waals surface area (Å²) < 4.78 is 2.99. The highest BCUT2D eigenvalue weighted by molar-refractivity contribution is 8.00. The zero-order valence-electron chi connectivity index (χ0n) is 16.8. The molecule has 160 valence electrons. The molecule has 0 aliphatic rings. The van der Waals surface area contributed by atoms with Crippen LogP contribution in [0.5, 0.6) is 0 Å². The van der Waals surface area contributed by atoms with Crippen molar-refractivity contribution in [3.63, 3.8) is 0 Å². The lowest BCUT2D eigenvalue weighted by Gasteiger charge is -2.20. The van der Waals surface area contributed by atoms with Gasteiger partial charge in [-0.15, -0.1) is 11.8 Å². The number of halogens is 2. The number of thioether (sulfide) groups is 1. The molecule has 2 heterocycles. The summed E-state index contributed by atoms with van der Waals surface area (Å²) in [5.74, 6) is 0.343. The molecule has 0 N–H and O–H groups in total. The fourth-order valence-electron chi connectivity index (χ4n) is 3.17. The molecule has 0 aliphatic heterocycles. The number of hydrogen-bond donors (Lipinski definition) is 0. The van der Waals surface area contributed by atoms with Crippen LogP contribution in [-0.2, 0) is 11.3 Å². The molecule has 4 rings (SSSR count). The molecule has 9 heteroatoms. The van der Waals surface area contributed by atoms with Crippen molar-refractivity contribution in [2.45, 2.75) is 24.8 Å². The van der Waals surface area contributed by atoms with Crippen LogP contribution in [-0.4, -0.2) is 32.7 Å². The molecule has 2 aromatic carbocycles. The molecular formula is C22H20Cl2N4OS2. The van der Waals surface area contributed by atoms with Crippen LogP contribution in [0.1, 0.15) is 12.0 Å². The van der Waals surface area contributed by atoms with Crippen molar-refractivity contribution in [2.24, 2.45) is 0 Å². The lowest BCUT2D eigenvalue weighted by Crippen LogP contribution is -2.33. The second-order valence-corrected chi connectivity index (χ2v) is 9.94. The summed E-state index contributed by atoms with van der Waals surface area (Å²) in [4.78, 5) is 24.9. The van der Waals surface area contributed by atoms with Crippen LogP contribution in [0.4, 0.5) is 5.13 Å². The van der Waals surface area contributed by atoms with Gasteiger partial charge in [0.15, 0.2) is 5.13 Å². The maximum Gasteiger partial charge on any atom is 0.239 e. The number of fused-ring (bicyclic) bond motifs is 1. The number of carbonyl (C=O) groups excluding carboxylic acids is 1. The number of benzene rings is 2. The Bertz CT molecular complexity index is 1180. The summed E-state index contributed by atoms with van der Waals surface area (Å²) in [5, 5.41) is 2.06. The minimum absolute atomic E-state index is 0.0217. The van der Waals surface area contributed by atoms with Crippen LogP contribution < -0.4 is 4.90 Å². The molecule has 0 saturated carbocycles. The van der Waals surface area contributed by atoms with E-state index in [1.807, 2.05) is 54.1 Å². The van der Waals surface area contributed by atoms with Gasteiger partial charge in [0.2, 0.25) is 5.91 Å². The third kappa shape index (κ3) is 5.60. The van der Waals surface area contributed by atoms with Crippen molar-refractivity contribution in [2.75, 3.05) is 17.2 Å². The van der Waals surface area contributed by atoms with Gasteiger partial charge in [-0.3, -0.25) is 9.69 Å². The molecular weight excluding hydrogens is 471 g/mol. The number of hydrogen-bond acceptors (Lipinski definition) is 5. The standard InChI is InChI=1S/C22H20Cl2N4OS2/c1-15-11-17(24)12-19-21(15)26-22(31-19)28(9-2-8-27-10-7-25-14-27)20(29)13-30-18-5-3-16(23)4-6-18/h3-7,10-12,14H,2,8-9,13H2,1H3. The molecule has 0 unspecified atom stereocenters. The van der Waals surface area contributed by atoms with Gasteiger partial charge in [0.25, 0.3) is 0 Å². The van der Waals surface area contributed by atoms with E-state index in [1.54, 1.807) is 17.4 Å². The maximum absolute atomic E-state index is 13.2. The quantitative estimate of drug-likeness (QED) is 0.271. The monoisotopic (exact) mass is 490 g/mol. The number of thiazole rings is 1. The van der Waals surface area contributed by atoms with E-state index in [0.29, 0.717) is 27.5 Å². The second-order valence-electron chi connectivity index (χ2n) is 7.01. The number of nitrogens with zero attached hydrogens (tertiary/aromatic N) is 4. The van der Waals surface area contributed by atoms with Crippen molar-refractivity contribution in [1.82, 2.24) is 14.5 Å². The number of aryl methyl sites for hydroxylation is 2. The van der Waals surface area contributed by atoms with Crippen LogP contribution >= 0.6 is 46.3 Å². The summed E-state index contributed by atoms with van der Waals surface area (Å²) in [5.41, 5.74) is 1.90. The maximum atomic E-state index is 13.2. The normalized spacial score (nSPS) is 11.2. The summed E-state index contributed by atoms with van der Waals surface area (Å²) in [6.45, 7) is 3.34. The van der Waals surface area contributed by atoms with Crippen LogP contribution in [0, 0.1) is 6.92 Å². The Hall–Kier alpha value is -2.06. The Morgan fingerprint density at radius 2 is 2.00 bits per heavy atom. The zero-order chi connectivity index (χ0) is 21.8. The van der Waals surface area contributed by atoms with E-state index >= 15 is 0 Å². The highest BCUT2D eigenvalue weighted by Crippen LogP contribution is 2.33. The Balaban J connectivity index is 1.53. The summed E-state index contributed by atoms with van der Waals surface area (Å²) in [6.07, 6.45) is 6.26. The SMILES string of the molecule is Cc1cc(Cl)cc2sc(N(CCCn3ccnc3)C(=O)CSc3ccc(Cl)cc3)nc12. The minimum atomic E-state index is 0.0217. The number of amides is 1. The van der Waals surface area contributed by atoms with E-state index in [-0.39, 0.29) is 5.91 Å². The molecule has 31 heavy (non-hydrogen) atoms. The Morgan fingerprint density at radius 3 is 2.74 bits per heavy atom. The van der Waals surface area contributed by atoms with Crippen LogP contribution in [0.3, 0.4) is 0 Å². The summed E-state index contributed by atoms with van der Waals surface area (Å²) in [7, 11) is 0. The molecule has 0 fully saturated rings. The highest BCUT2D eigenvalue weighted by Gasteiger charge is 2.20. The van der Waals surface area contributed by atoms with Gasteiger partial charge in [-0.2, -0.15) is 0 Å². The number of imidazole rings is 1. The van der Waals surface area contributed by atoms with Gasteiger partial charge >= 0.3 is 0 Å². The number of anilines is 1. The fraction of sp³-hybridized carbons (Fsp3) is 0.227. The first-order chi connectivity index (χ1) is 15.0. The van der Waals surface area contributed by atoms with Crippen molar-refractivity contribution >= 4 is 67.6 Å². The summed E-state index contributed by atoms with van der Waals surface area (Å²) in [6, 6.07) is 11.3. The van der Waals surface area contributed by atoms with Gasteiger partial charge in [0, 0.05) is 40.4 Å². The van der Waals surface area contributed by atoms with E-state index in [1.165, 1.54) is 23.1 Å². The lowest BCUT2D eigenvalue weighted by atomic mass is 10.2. The summed E-state index contributed by atoms with van der Waals surface area (Å²) >= 11 is 15.2. The van der Waals surface area contributed by atoms with E-state index < -0.39 is 0 Å². The van der Waals surface area contributed by atoms with Gasteiger partial charge in [-0.1, -0.05) is 34.5 Å². The molecule has 0 bridgehead atoms. The number of rotatable bonds is 8. The Labute approximate surface area is 199 Å². The van der Waals surface area contributed by atoms with Crippen LogP contribution in [0.15, 0.2) is 60.0 Å². The fourth-order valence-corrected chi connectivity index (χ4v) is 5.53. The smallest absolute Gasteiger partial charge is 0.239 e. The van der Waals surface area contributed by atoms with E-state index in [9.17, 15) is 4.79 Å².